The van der Waals surface area contributed by atoms with Crippen LogP contribution in [0, 0.1) is 5.41 Å². The van der Waals surface area contributed by atoms with Crippen LogP contribution in [0.4, 0.5) is 0 Å². The second-order valence-electron chi connectivity index (χ2n) is 7.42. The van der Waals surface area contributed by atoms with Gasteiger partial charge in [0.1, 0.15) is 0 Å². The third-order valence-corrected chi connectivity index (χ3v) is 5.63. The molecule has 5 aromatic rings. The van der Waals surface area contributed by atoms with E-state index in [9.17, 15) is 0 Å². The Morgan fingerprint density at radius 1 is 0.774 bits per heavy atom. The van der Waals surface area contributed by atoms with Crippen molar-refractivity contribution in [3.05, 3.63) is 108 Å². The molecule has 5 heteroatoms. The summed E-state index contributed by atoms with van der Waals surface area (Å²) in [6.07, 6.45) is 0. The van der Waals surface area contributed by atoms with Gasteiger partial charge in [-0.2, -0.15) is 0 Å². The van der Waals surface area contributed by atoms with Gasteiger partial charge in [0.25, 0.3) is 0 Å². The van der Waals surface area contributed by atoms with Crippen LogP contribution in [-0.4, -0.2) is 10.4 Å². The number of fused-ring (bicyclic) bond motifs is 3. The zero-order chi connectivity index (χ0) is 21.2. The highest BCUT2D eigenvalue weighted by atomic mass is 15.3. The topological polar surface area (TPSA) is 79.5 Å². The van der Waals surface area contributed by atoms with Crippen molar-refractivity contribution in [3.8, 4) is 11.1 Å². The summed E-state index contributed by atoms with van der Waals surface area (Å²) in [5, 5.41) is 17.2. The van der Waals surface area contributed by atoms with Crippen LogP contribution in [0.2, 0.25) is 0 Å². The van der Waals surface area contributed by atoms with Crippen molar-refractivity contribution in [2.24, 2.45) is 16.2 Å². The Labute approximate surface area is 180 Å². The normalized spacial score (nSPS) is 11.5. The van der Waals surface area contributed by atoms with Crippen molar-refractivity contribution in [3.63, 3.8) is 0 Å². The zero-order valence-corrected chi connectivity index (χ0v) is 16.9. The molecule has 3 N–H and O–H groups in total. The van der Waals surface area contributed by atoms with Gasteiger partial charge in [0.2, 0.25) is 0 Å². The molecule has 0 radical (unpaired) electrons. The largest absolute Gasteiger partial charge is 0.336 e. The van der Waals surface area contributed by atoms with Crippen molar-refractivity contribution in [1.29, 1.82) is 5.41 Å². The number of aromatic nitrogens is 1. The molecule has 0 aliphatic rings. The first kappa shape index (κ1) is 18.8. The molecule has 31 heavy (non-hydrogen) atoms. The van der Waals surface area contributed by atoms with Crippen LogP contribution in [0.25, 0.3) is 32.9 Å². The lowest BCUT2D eigenvalue weighted by Gasteiger charge is -2.13. The lowest BCUT2D eigenvalue weighted by molar-refractivity contribution is 0.870. The van der Waals surface area contributed by atoms with Gasteiger partial charge in [-0.25, -0.2) is 0 Å². The van der Waals surface area contributed by atoms with E-state index in [0.29, 0.717) is 5.56 Å². The van der Waals surface area contributed by atoms with Crippen LogP contribution in [0.5, 0.6) is 0 Å². The molecule has 0 spiro atoms. The zero-order valence-electron chi connectivity index (χ0n) is 16.9. The molecule has 0 amide bonds. The fourth-order valence-corrected chi connectivity index (χ4v) is 4.21. The van der Waals surface area contributed by atoms with Crippen LogP contribution in [0.3, 0.4) is 0 Å². The van der Waals surface area contributed by atoms with E-state index in [2.05, 4.69) is 87.7 Å². The highest BCUT2D eigenvalue weighted by Crippen LogP contribution is 2.32. The molecule has 150 valence electrons. The SMILES string of the molecule is N=C(/N=N\N)c1ccc2c(c1)c1ccccc1n2Cc1ccccc1-c1ccccc1. The van der Waals surface area contributed by atoms with E-state index >= 15 is 0 Å². The van der Waals surface area contributed by atoms with Crippen LogP contribution < -0.4 is 5.84 Å². The maximum Gasteiger partial charge on any atom is 0.176 e. The first-order chi connectivity index (χ1) is 15.3. The molecule has 0 saturated carbocycles. The third kappa shape index (κ3) is 3.36. The summed E-state index contributed by atoms with van der Waals surface area (Å²) in [5.74, 6) is 5.19. The number of nitrogens with one attached hydrogen (secondary N) is 1. The number of nitrogens with zero attached hydrogens (tertiary/aromatic N) is 3. The fraction of sp³-hybridized carbons (Fsp3) is 0.0385. The summed E-state index contributed by atoms with van der Waals surface area (Å²) >= 11 is 0. The fourth-order valence-electron chi connectivity index (χ4n) is 4.21. The summed E-state index contributed by atoms with van der Waals surface area (Å²) < 4.78 is 2.34. The lowest BCUT2D eigenvalue weighted by Crippen LogP contribution is -2.01. The Kier molecular flexibility index (Phi) is 4.77. The summed E-state index contributed by atoms with van der Waals surface area (Å²) in [7, 11) is 0. The van der Waals surface area contributed by atoms with Gasteiger partial charge in [0.05, 0.1) is 0 Å². The molecule has 0 atom stereocenters. The van der Waals surface area contributed by atoms with E-state index in [4.69, 9.17) is 11.3 Å². The van der Waals surface area contributed by atoms with Gasteiger partial charge in [-0.05, 0) is 41.0 Å². The van der Waals surface area contributed by atoms with Gasteiger partial charge >= 0.3 is 0 Å². The molecular formula is C26H21N5. The van der Waals surface area contributed by atoms with E-state index in [0.717, 1.165) is 28.4 Å². The van der Waals surface area contributed by atoms with E-state index < -0.39 is 0 Å². The number of para-hydroxylation sites is 1. The molecule has 0 fully saturated rings. The minimum Gasteiger partial charge on any atom is -0.336 e. The number of hydrogen-bond acceptors (Lipinski definition) is 2. The lowest BCUT2D eigenvalue weighted by atomic mass is 9.99. The van der Waals surface area contributed by atoms with Gasteiger partial charge in [0.15, 0.2) is 5.84 Å². The van der Waals surface area contributed by atoms with Crippen LogP contribution in [-0.2, 0) is 6.54 Å². The van der Waals surface area contributed by atoms with Gasteiger partial charge in [0, 0.05) is 33.9 Å². The quantitative estimate of drug-likeness (QED) is 0.122. The highest BCUT2D eigenvalue weighted by molar-refractivity contribution is 6.11. The van der Waals surface area contributed by atoms with Crippen molar-refractivity contribution in [2.75, 3.05) is 0 Å². The molecule has 1 aromatic heterocycles. The summed E-state index contributed by atoms with van der Waals surface area (Å²) in [6.45, 7) is 0.744. The maximum absolute atomic E-state index is 8.08. The highest BCUT2D eigenvalue weighted by Gasteiger charge is 2.14. The van der Waals surface area contributed by atoms with E-state index in [1.807, 2.05) is 24.3 Å². The standard InChI is InChI=1S/C26H21N5/c27-26(29-30-28)19-14-15-25-23(16-19)22-12-6-7-13-24(22)31(25)17-20-10-4-5-11-21(20)18-8-2-1-3-9-18/h1-16H,17H2,(H3,27,28,29). The van der Waals surface area contributed by atoms with Gasteiger partial charge < -0.3 is 10.4 Å². The molecular weight excluding hydrogens is 382 g/mol. The second kappa shape index (κ2) is 7.88. The number of nitrogens with two attached hydrogens (primary N) is 1. The summed E-state index contributed by atoms with van der Waals surface area (Å²) in [6, 6.07) is 33.3. The van der Waals surface area contributed by atoms with E-state index in [-0.39, 0.29) is 5.84 Å². The Balaban J connectivity index is 1.69. The van der Waals surface area contributed by atoms with E-state index in [1.165, 1.54) is 16.7 Å². The van der Waals surface area contributed by atoms with Gasteiger partial charge in [-0.3, -0.25) is 5.41 Å². The van der Waals surface area contributed by atoms with Crippen molar-refractivity contribution < 1.29 is 0 Å². The van der Waals surface area contributed by atoms with Gasteiger partial charge in [-0.15, -0.1) is 5.11 Å². The molecule has 0 unspecified atom stereocenters. The molecule has 1 heterocycles. The Morgan fingerprint density at radius 3 is 2.32 bits per heavy atom. The van der Waals surface area contributed by atoms with Crippen LogP contribution in [0.1, 0.15) is 11.1 Å². The molecule has 5 nitrogen and oxygen atoms in total. The van der Waals surface area contributed by atoms with Crippen molar-refractivity contribution in [1.82, 2.24) is 4.57 Å². The van der Waals surface area contributed by atoms with Crippen molar-refractivity contribution in [2.45, 2.75) is 6.54 Å². The number of amidine groups is 1. The Hall–Kier alpha value is -4.25. The number of hydrogen-bond donors (Lipinski definition) is 2. The monoisotopic (exact) mass is 403 g/mol. The van der Waals surface area contributed by atoms with Gasteiger partial charge in [-0.1, -0.05) is 78.0 Å². The molecule has 0 bridgehead atoms. The molecule has 0 saturated heterocycles. The van der Waals surface area contributed by atoms with Crippen LogP contribution >= 0.6 is 0 Å². The maximum atomic E-state index is 8.08. The van der Waals surface area contributed by atoms with E-state index in [1.54, 1.807) is 0 Å². The first-order valence-corrected chi connectivity index (χ1v) is 10.1. The predicted molar refractivity (Wildman–Crippen MR) is 126 cm³/mol. The Bertz CT molecular complexity index is 1430. The average molecular weight is 403 g/mol. The van der Waals surface area contributed by atoms with Crippen LogP contribution in [0.15, 0.2) is 107 Å². The number of rotatable bonds is 4. The smallest absolute Gasteiger partial charge is 0.176 e. The minimum atomic E-state index is 0.0515. The predicted octanol–water partition coefficient (Wildman–Crippen LogP) is 6.16. The first-order valence-electron chi connectivity index (χ1n) is 10.1. The molecule has 0 aliphatic carbocycles. The summed E-state index contributed by atoms with van der Waals surface area (Å²) in [5.41, 5.74) is 6.66. The third-order valence-electron chi connectivity index (χ3n) is 5.63. The number of benzene rings is 4. The van der Waals surface area contributed by atoms with Crippen molar-refractivity contribution >= 4 is 27.6 Å². The Morgan fingerprint density at radius 2 is 1.48 bits per heavy atom. The minimum absolute atomic E-state index is 0.0515. The average Bonchev–Trinajstić information content (AvgIpc) is 3.13. The molecule has 4 aromatic carbocycles. The molecule has 5 rings (SSSR count). The second-order valence-corrected chi connectivity index (χ2v) is 7.42. The summed E-state index contributed by atoms with van der Waals surface area (Å²) in [4.78, 5) is 0. The molecule has 0 aliphatic heterocycles.